The Labute approximate surface area is 112 Å². The highest BCUT2D eigenvalue weighted by molar-refractivity contribution is 9.10. The predicted molar refractivity (Wildman–Crippen MR) is 75.3 cm³/mol. The number of hydrogen-bond donors (Lipinski definition) is 1. The van der Waals surface area contributed by atoms with Crippen LogP contribution < -0.4 is 10.6 Å². The van der Waals surface area contributed by atoms with Crippen molar-refractivity contribution in [2.24, 2.45) is 11.7 Å². The summed E-state index contributed by atoms with van der Waals surface area (Å²) in [7, 11) is 0. The third-order valence-electron chi connectivity index (χ3n) is 3.54. The maximum Gasteiger partial charge on any atom is 0.143 e. The number of aryl methyl sites for hydroxylation is 1. The predicted octanol–water partition coefficient (Wildman–Crippen LogP) is 2.72. The van der Waals surface area contributed by atoms with E-state index in [0.717, 1.165) is 23.4 Å². The standard InChI is InChI=1S/C13H20BrN3/c1-9-5-12(14)13(16-7-9)17-8-11(6-15)4-3-10(17)2/h5,7,10-11H,3-4,6,8,15H2,1-2H3. The molecule has 1 aromatic rings. The van der Waals surface area contributed by atoms with Crippen molar-refractivity contribution in [3.05, 3.63) is 22.3 Å². The van der Waals surface area contributed by atoms with Gasteiger partial charge >= 0.3 is 0 Å². The highest BCUT2D eigenvalue weighted by Gasteiger charge is 2.26. The molecular formula is C13H20BrN3. The van der Waals surface area contributed by atoms with E-state index in [0.29, 0.717) is 12.0 Å². The lowest BCUT2D eigenvalue weighted by molar-refractivity contribution is 0.371. The number of nitrogens with two attached hydrogens (primary N) is 1. The van der Waals surface area contributed by atoms with Gasteiger partial charge in [-0.1, -0.05) is 0 Å². The molecule has 0 saturated carbocycles. The van der Waals surface area contributed by atoms with Crippen LogP contribution in [0.3, 0.4) is 0 Å². The number of hydrogen-bond acceptors (Lipinski definition) is 3. The summed E-state index contributed by atoms with van der Waals surface area (Å²) < 4.78 is 1.09. The average Bonchev–Trinajstić information content (AvgIpc) is 2.30. The van der Waals surface area contributed by atoms with Crippen LogP contribution in [0.1, 0.15) is 25.3 Å². The number of nitrogens with zero attached hydrogens (tertiary/aromatic N) is 2. The summed E-state index contributed by atoms with van der Waals surface area (Å²) in [5, 5.41) is 0. The van der Waals surface area contributed by atoms with Crippen LogP contribution in [0.5, 0.6) is 0 Å². The second kappa shape index (κ2) is 5.36. The minimum Gasteiger partial charge on any atom is -0.353 e. The van der Waals surface area contributed by atoms with Gasteiger partial charge in [-0.2, -0.15) is 0 Å². The lowest BCUT2D eigenvalue weighted by Crippen LogP contribution is -2.44. The molecule has 2 unspecified atom stereocenters. The Kier molecular flexibility index (Phi) is 4.05. The molecule has 94 valence electrons. The first-order valence-electron chi connectivity index (χ1n) is 6.20. The Balaban J connectivity index is 2.24. The van der Waals surface area contributed by atoms with Gasteiger partial charge in [0.25, 0.3) is 0 Å². The molecule has 2 N–H and O–H groups in total. The monoisotopic (exact) mass is 297 g/mol. The summed E-state index contributed by atoms with van der Waals surface area (Å²) in [6.07, 6.45) is 4.36. The van der Waals surface area contributed by atoms with Gasteiger partial charge in [-0.05, 0) is 66.7 Å². The number of rotatable bonds is 2. The van der Waals surface area contributed by atoms with E-state index in [1.165, 1.54) is 18.4 Å². The molecule has 1 fully saturated rings. The molecular weight excluding hydrogens is 278 g/mol. The Morgan fingerprint density at radius 2 is 2.29 bits per heavy atom. The quantitative estimate of drug-likeness (QED) is 0.913. The van der Waals surface area contributed by atoms with Gasteiger partial charge < -0.3 is 10.6 Å². The molecule has 2 atom stereocenters. The molecule has 0 radical (unpaired) electrons. The van der Waals surface area contributed by atoms with Gasteiger partial charge in [-0.25, -0.2) is 4.98 Å². The molecule has 0 aromatic carbocycles. The molecule has 1 aromatic heterocycles. The van der Waals surface area contributed by atoms with E-state index in [-0.39, 0.29) is 0 Å². The second-order valence-corrected chi connectivity index (χ2v) is 5.85. The molecule has 0 bridgehead atoms. The number of piperidine rings is 1. The molecule has 0 aliphatic carbocycles. The summed E-state index contributed by atoms with van der Waals surface area (Å²) in [6.45, 7) is 6.11. The molecule has 2 rings (SSSR count). The highest BCUT2D eigenvalue weighted by Crippen LogP contribution is 2.31. The van der Waals surface area contributed by atoms with Crippen molar-refractivity contribution >= 4 is 21.7 Å². The fourth-order valence-corrected chi connectivity index (χ4v) is 3.10. The minimum absolute atomic E-state index is 0.546. The highest BCUT2D eigenvalue weighted by atomic mass is 79.9. The lowest BCUT2D eigenvalue weighted by Gasteiger charge is -2.39. The summed E-state index contributed by atoms with van der Waals surface area (Å²) in [4.78, 5) is 6.94. The molecule has 4 heteroatoms. The Morgan fingerprint density at radius 1 is 1.53 bits per heavy atom. The van der Waals surface area contributed by atoms with Crippen molar-refractivity contribution in [3.8, 4) is 0 Å². The Morgan fingerprint density at radius 3 is 2.94 bits per heavy atom. The summed E-state index contributed by atoms with van der Waals surface area (Å²) >= 11 is 3.62. The number of aromatic nitrogens is 1. The van der Waals surface area contributed by atoms with Crippen LogP contribution >= 0.6 is 15.9 Å². The van der Waals surface area contributed by atoms with E-state index in [1.54, 1.807) is 0 Å². The van der Waals surface area contributed by atoms with E-state index in [1.807, 2.05) is 6.20 Å². The summed E-state index contributed by atoms with van der Waals surface area (Å²) in [6, 6.07) is 2.67. The Bertz CT molecular complexity index is 394. The SMILES string of the molecule is Cc1cnc(N2CC(CN)CCC2C)c(Br)c1. The minimum atomic E-state index is 0.546. The largest absolute Gasteiger partial charge is 0.353 e. The van der Waals surface area contributed by atoms with Gasteiger partial charge in [0.2, 0.25) is 0 Å². The first-order chi connectivity index (χ1) is 8.11. The van der Waals surface area contributed by atoms with Crippen molar-refractivity contribution in [3.63, 3.8) is 0 Å². The van der Waals surface area contributed by atoms with Gasteiger partial charge in [0.1, 0.15) is 5.82 Å². The summed E-state index contributed by atoms with van der Waals surface area (Å²) in [5.74, 6) is 1.66. The third kappa shape index (κ3) is 2.80. The van der Waals surface area contributed by atoms with Gasteiger partial charge in [0.15, 0.2) is 0 Å². The van der Waals surface area contributed by atoms with E-state index >= 15 is 0 Å². The average molecular weight is 298 g/mol. The van der Waals surface area contributed by atoms with Crippen LogP contribution in [0.2, 0.25) is 0 Å². The lowest BCUT2D eigenvalue weighted by atomic mass is 9.93. The van der Waals surface area contributed by atoms with E-state index in [2.05, 4.69) is 45.7 Å². The smallest absolute Gasteiger partial charge is 0.143 e. The second-order valence-electron chi connectivity index (χ2n) is 5.00. The van der Waals surface area contributed by atoms with Crippen molar-refractivity contribution in [1.82, 2.24) is 4.98 Å². The first-order valence-corrected chi connectivity index (χ1v) is 7.00. The van der Waals surface area contributed by atoms with Gasteiger partial charge in [-0.15, -0.1) is 0 Å². The molecule has 17 heavy (non-hydrogen) atoms. The normalized spacial score (nSPS) is 25.1. The Hall–Kier alpha value is -0.610. The number of pyridine rings is 1. The maximum atomic E-state index is 5.79. The van der Waals surface area contributed by atoms with Crippen LogP contribution in [0.25, 0.3) is 0 Å². The van der Waals surface area contributed by atoms with Crippen molar-refractivity contribution < 1.29 is 0 Å². The fraction of sp³-hybridized carbons (Fsp3) is 0.615. The molecule has 0 amide bonds. The zero-order valence-electron chi connectivity index (χ0n) is 10.5. The van der Waals surface area contributed by atoms with Crippen molar-refractivity contribution in [2.45, 2.75) is 32.7 Å². The molecule has 0 spiro atoms. The van der Waals surface area contributed by atoms with Crippen molar-refractivity contribution in [2.75, 3.05) is 18.0 Å². The van der Waals surface area contributed by atoms with E-state index in [9.17, 15) is 0 Å². The van der Waals surface area contributed by atoms with E-state index < -0.39 is 0 Å². The topological polar surface area (TPSA) is 42.2 Å². The first kappa shape index (κ1) is 12.8. The zero-order chi connectivity index (χ0) is 12.4. The molecule has 1 aliphatic rings. The molecule has 1 aliphatic heterocycles. The zero-order valence-corrected chi connectivity index (χ0v) is 12.1. The molecule has 2 heterocycles. The number of anilines is 1. The van der Waals surface area contributed by atoms with Gasteiger partial charge in [0, 0.05) is 18.8 Å². The van der Waals surface area contributed by atoms with Gasteiger partial charge in [0.05, 0.1) is 4.47 Å². The molecule has 3 nitrogen and oxygen atoms in total. The number of halogens is 1. The van der Waals surface area contributed by atoms with Crippen LogP contribution in [0.15, 0.2) is 16.7 Å². The third-order valence-corrected chi connectivity index (χ3v) is 4.13. The van der Waals surface area contributed by atoms with Crippen molar-refractivity contribution in [1.29, 1.82) is 0 Å². The maximum absolute atomic E-state index is 5.79. The fourth-order valence-electron chi connectivity index (χ4n) is 2.41. The summed E-state index contributed by atoms with van der Waals surface area (Å²) in [5.41, 5.74) is 6.97. The van der Waals surface area contributed by atoms with Gasteiger partial charge in [-0.3, -0.25) is 0 Å². The van der Waals surface area contributed by atoms with Crippen LogP contribution in [-0.4, -0.2) is 24.1 Å². The molecule has 1 saturated heterocycles. The van der Waals surface area contributed by atoms with Crippen LogP contribution in [0.4, 0.5) is 5.82 Å². The van der Waals surface area contributed by atoms with Crippen LogP contribution in [-0.2, 0) is 0 Å². The van der Waals surface area contributed by atoms with E-state index in [4.69, 9.17) is 5.73 Å². The van der Waals surface area contributed by atoms with Crippen LogP contribution in [0, 0.1) is 12.8 Å².